The van der Waals surface area contributed by atoms with Crippen molar-refractivity contribution in [3.8, 4) is 0 Å². The Labute approximate surface area is 171 Å². The lowest BCUT2D eigenvalue weighted by atomic mass is 10.1. The first-order valence-corrected chi connectivity index (χ1v) is 9.76. The number of fused-ring (bicyclic) bond motifs is 1. The molecule has 0 fully saturated rings. The van der Waals surface area contributed by atoms with Crippen LogP contribution in [-0.4, -0.2) is 32.8 Å². The molecule has 4 rings (SSSR count). The summed E-state index contributed by atoms with van der Waals surface area (Å²) in [6.07, 6.45) is 0. The summed E-state index contributed by atoms with van der Waals surface area (Å²) in [6.45, 7) is 1.18. The highest BCUT2D eigenvalue weighted by Gasteiger charge is 2.12. The van der Waals surface area contributed by atoms with Gasteiger partial charge in [-0.25, -0.2) is 4.68 Å². The molecule has 1 aromatic heterocycles. The lowest BCUT2D eigenvalue weighted by molar-refractivity contribution is 0.0785. The van der Waals surface area contributed by atoms with E-state index >= 15 is 0 Å². The summed E-state index contributed by atoms with van der Waals surface area (Å²) in [5.41, 5.74) is 4.71. The highest BCUT2D eigenvalue weighted by molar-refractivity contribution is 9.10. The average Bonchev–Trinajstić information content (AvgIpc) is 3.13. The maximum absolute atomic E-state index is 12.7. The Kier molecular flexibility index (Phi) is 5.21. The maximum atomic E-state index is 12.7. The first kappa shape index (κ1) is 18.4. The highest BCUT2D eigenvalue weighted by Crippen LogP contribution is 2.15. The van der Waals surface area contributed by atoms with E-state index in [-0.39, 0.29) is 5.91 Å². The van der Waals surface area contributed by atoms with Crippen LogP contribution in [0.2, 0.25) is 0 Å². The second kappa shape index (κ2) is 7.94. The van der Waals surface area contributed by atoms with Crippen LogP contribution in [-0.2, 0) is 13.1 Å². The molecule has 0 aliphatic rings. The minimum Gasteiger partial charge on any atom is -0.337 e. The summed E-state index contributed by atoms with van der Waals surface area (Å²) in [4.78, 5) is 14.4. The van der Waals surface area contributed by atoms with E-state index < -0.39 is 0 Å². The molecule has 0 saturated heterocycles. The number of hydrogen-bond donors (Lipinski definition) is 0. The van der Waals surface area contributed by atoms with Crippen molar-refractivity contribution in [1.29, 1.82) is 0 Å². The van der Waals surface area contributed by atoms with Crippen LogP contribution in [0.4, 0.5) is 0 Å². The van der Waals surface area contributed by atoms with Gasteiger partial charge in [-0.3, -0.25) is 4.79 Å². The largest absolute Gasteiger partial charge is 0.337 e. The van der Waals surface area contributed by atoms with Gasteiger partial charge in [0.2, 0.25) is 0 Å². The van der Waals surface area contributed by atoms with E-state index in [0.717, 1.165) is 26.6 Å². The van der Waals surface area contributed by atoms with E-state index in [4.69, 9.17) is 0 Å². The Bertz CT molecular complexity index is 1100. The van der Waals surface area contributed by atoms with Crippen LogP contribution in [0.5, 0.6) is 0 Å². The van der Waals surface area contributed by atoms with Gasteiger partial charge < -0.3 is 4.90 Å². The van der Waals surface area contributed by atoms with Crippen LogP contribution in [0.25, 0.3) is 11.0 Å². The van der Waals surface area contributed by atoms with Gasteiger partial charge in [0.25, 0.3) is 5.91 Å². The molecule has 1 heterocycles. The van der Waals surface area contributed by atoms with Crippen LogP contribution >= 0.6 is 15.9 Å². The molecule has 140 valence electrons. The number of rotatable bonds is 5. The third-order valence-electron chi connectivity index (χ3n) is 4.63. The molecule has 1 amide bonds. The third kappa shape index (κ3) is 3.97. The van der Waals surface area contributed by atoms with Crippen molar-refractivity contribution in [2.45, 2.75) is 13.1 Å². The fraction of sp³-hybridized carbons (Fsp3) is 0.136. The number of nitrogens with zero attached hydrogens (tertiary/aromatic N) is 4. The van der Waals surface area contributed by atoms with Crippen LogP contribution in [0.15, 0.2) is 77.3 Å². The average molecular weight is 435 g/mol. The molecular formula is C22H19BrN4O. The number of halogens is 1. The summed E-state index contributed by atoms with van der Waals surface area (Å²) in [5, 5.41) is 8.40. The normalized spacial score (nSPS) is 10.9. The molecule has 0 radical (unpaired) electrons. The Morgan fingerprint density at radius 1 is 0.964 bits per heavy atom. The SMILES string of the molecule is CN(Cc1ccc(Br)cc1)C(=O)c1ccc(Cn2nnc3ccccc32)cc1. The van der Waals surface area contributed by atoms with Crippen LogP contribution in [0, 0.1) is 0 Å². The van der Waals surface area contributed by atoms with Gasteiger partial charge in [-0.1, -0.05) is 57.5 Å². The predicted molar refractivity (Wildman–Crippen MR) is 113 cm³/mol. The Balaban J connectivity index is 1.44. The zero-order valence-electron chi connectivity index (χ0n) is 15.4. The summed E-state index contributed by atoms with van der Waals surface area (Å²) in [7, 11) is 1.82. The summed E-state index contributed by atoms with van der Waals surface area (Å²) in [5.74, 6) is 0.000624. The molecule has 28 heavy (non-hydrogen) atoms. The van der Waals surface area contributed by atoms with E-state index in [1.807, 2.05) is 84.5 Å². The van der Waals surface area contributed by atoms with Crippen molar-refractivity contribution in [1.82, 2.24) is 19.9 Å². The van der Waals surface area contributed by atoms with E-state index in [1.54, 1.807) is 4.90 Å². The first-order chi connectivity index (χ1) is 13.6. The van der Waals surface area contributed by atoms with E-state index in [1.165, 1.54) is 0 Å². The van der Waals surface area contributed by atoms with Gasteiger partial charge in [0.15, 0.2) is 0 Å². The van der Waals surface area contributed by atoms with Gasteiger partial charge in [0, 0.05) is 23.6 Å². The minimum atomic E-state index is 0.000624. The van der Waals surface area contributed by atoms with E-state index in [2.05, 4.69) is 26.2 Å². The molecule has 0 aliphatic heterocycles. The number of benzene rings is 3. The highest BCUT2D eigenvalue weighted by atomic mass is 79.9. The van der Waals surface area contributed by atoms with E-state index in [9.17, 15) is 4.79 Å². The lowest BCUT2D eigenvalue weighted by Gasteiger charge is -2.17. The van der Waals surface area contributed by atoms with Crippen LogP contribution in [0.3, 0.4) is 0 Å². The Morgan fingerprint density at radius 3 is 2.39 bits per heavy atom. The molecule has 0 spiro atoms. The topological polar surface area (TPSA) is 51.0 Å². The summed E-state index contributed by atoms with van der Waals surface area (Å²) < 4.78 is 2.90. The molecule has 0 atom stereocenters. The van der Waals surface area contributed by atoms with Crippen LogP contribution < -0.4 is 0 Å². The maximum Gasteiger partial charge on any atom is 0.253 e. The minimum absolute atomic E-state index is 0.000624. The summed E-state index contributed by atoms with van der Waals surface area (Å²) in [6, 6.07) is 23.5. The Hall–Kier alpha value is -2.99. The molecule has 0 bridgehead atoms. The van der Waals surface area contributed by atoms with Gasteiger partial charge in [-0.2, -0.15) is 0 Å². The monoisotopic (exact) mass is 434 g/mol. The molecule has 3 aromatic carbocycles. The van der Waals surface area contributed by atoms with Crippen molar-refractivity contribution < 1.29 is 4.79 Å². The fourth-order valence-corrected chi connectivity index (χ4v) is 3.38. The van der Waals surface area contributed by atoms with Gasteiger partial charge in [-0.15, -0.1) is 5.10 Å². The zero-order chi connectivity index (χ0) is 19.5. The molecule has 0 unspecified atom stereocenters. The Morgan fingerprint density at radius 2 is 1.64 bits per heavy atom. The van der Waals surface area contributed by atoms with Gasteiger partial charge in [-0.05, 0) is 47.5 Å². The number of carbonyl (C=O) groups is 1. The second-order valence-electron chi connectivity index (χ2n) is 6.72. The number of carbonyl (C=O) groups excluding carboxylic acids is 1. The standard InChI is InChI=1S/C22H19BrN4O/c1-26(14-16-8-12-19(23)13-9-16)22(28)18-10-6-17(7-11-18)15-27-21-5-3-2-4-20(21)24-25-27/h2-13H,14-15H2,1H3. The van der Waals surface area contributed by atoms with Crippen molar-refractivity contribution >= 4 is 32.9 Å². The molecular weight excluding hydrogens is 416 g/mol. The van der Waals surface area contributed by atoms with Crippen molar-refractivity contribution in [2.24, 2.45) is 0 Å². The fourth-order valence-electron chi connectivity index (χ4n) is 3.12. The number of hydrogen-bond acceptors (Lipinski definition) is 3. The molecule has 4 aromatic rings. The zero-order valence-corrected chi connectivity index (χ0v) is 17.0. The van der Waals surface area contributed by atoms with Gasteiger partial charge in [0.1, 0.15) is 5.52 Å². The third-order valence-corrected chi connectivity index (χ3v) is 5.16. The van der Waals surface area contributed by atoms with Gasteiger partial charge >= 0.3 is 0 Å². The molecule has 0 N–H and O–H groups in total. The quantitative estimate of drug-likeness (QED) is 0.464. The molecule has 5 nitrogen and oxygen atoms in total. The smallest absolute Gasteiger partial charge is 0.253 e. The van der Waals surface area contributed by atoms with Gasteiger partial charge in [0.05, 0.1) is 12.1 Å². The van der Waals surface area contributed by atoms with Crippen molar-refractivity contribution in [3.63, 3.8) is 0 Å². The number of aromatic nitrogens is 3. The summed E-state index contributed by atoms with van der Waals surface area (Å²) >= 11 is 3.43. The number of para-hydroxylation sites is 1. The van der Waals surface area contributed by atoms with Crippen molar-refractivity contribution in [3.05, 3.63) is 94.0 Å². The van der Waals surface area contributed by atoms with Crippen LogP contribution in [0.1, 0.15) is 21.5 Å². The van der Waals surface area contributed by atoms with E-state index in [0.29, 0.717) is 18.7 Å². The van der Waals surface area contributed by atoms with Crippen molar-refractivity contribution in [2.75, 3.05) is 7.05 Å². The molecule has 0 aliphatic carbocycles. The molecule has 0 saturated carbocycles. The second-order valence-corrected chi connectivity index (χ2v) is 7.64. The first-order valence-electron chi connectivity index (χ1n) is 8.97. The number of amides is 1. The lowest BCUT2D eigenvalue weighted by Crippen LogP contribution is -2.26. The predicted octanol–water partition coefficient (Wildman–Crippen LogP) is 4.51. The molecule has 6 heteroatoms.